The lowest BCUT2D eigenvalue weighted by atomic mass is 10.1. The highest BCUT2D eigenvalue weighted by Gasteiger charge is 2.32. The van der Waals surface area contributed by atoms with Crippen molar-refractivity contribution >= 4 is 29.3 Å². The molecule has 2 amide bonds. The van der Waals surface area contributed by atoms with Gasteiger partial charge in [0, 0.05) is 17.8 Å². The van der Waals surface area contributed by atoms with Crippen LogP contribution in [0.4, 0.5) is 5.69 Å². The van der Waals surface area contributed by atoms with Gasteiger partial charge in [-0.15, -0.1) is 11.8 Å². The van der Waals surface area contributed by atoms with Crippen molar-refractivity contribution in [2.45, 2.75) is 25.3 Å². The molecule has 1 fully saturated rings. The Labute approximate surface area is 181 Å². The molecule has 152 valence electrons. The standard InChI is InChI=1S/C25H24N2O2S/c1-2-18-8-14-22(15-9-18)26-24(29)20-10-12-21(13-11-20)25-27(23(28)17-30-25)16-19-6-4-3-5-7-19/h3-15,25H,2,16-17H2,1H3,(H,26,29)/t25-/m1/s1. The molecule has 4 nitrogen and oxygen atoms in total. The summed E-state index contributed by atoms with van der Waals surface area (Å²) in [5.41, 5.74) is 4.77. The van der Waals surface area contributed by atoms with E-state index < -0.39 is 0 Å². The number of benzene rings is 3. The quantitative estimate of drug-likeness (QED) is 0.595. The summed E-state index contributed by atoms with van der Waals surface area (Å²) in [6.45, 7) is 2.69. The first-order valence-corrected chi connectivity index (χ1v) is 11.1. The van der Waals surface area contributed by atoms with Crippen LogP contribution < -0.4 is 5.32 Å². The van der Waals surface area contributed by atoms with Crippen molar-refractivity contribution in [2.75, 3.05) is 11.1 Å². The van der Waals surface area contributed by atoms with Crippen molar-refractivity contribution in [2.24, 2.45) is 0 Å². The lowest BCUT2D eigenvalue weighted by Gasteiger charge is -2.24. The first kappa shape index (κ1) is 20.2. The fraction of sp³-hybridized carbons (Fsp3) is 0.200. The van der Waals surface area contributed by atoms with Crippen LogP contribution in [0.25, 0.3) is 0 Å². The number of anilines is 1. The van der Waals surface area contributed by atoms with E-state index in [0.29, 0.717) is 17.9 Å². The van der Waals surface area contributed by atoms with Crippen LogP contribution in [0.2, 0.25) is 0 Å². The molecule has 0 bridgehead atoms. The highest BCUT2D eigenvalue weighted by atomic mass is 32.2. The number of carbonyl (C=O) groups is 2. The first-order chi connectivity index (χ1) is 14.6. The van der Waals surface area contributed by atoms with Crippen molar-refractivity contribution in [3.8, 4) is 0 Å². The Morgan fingerprint density at radius 2 is 1.67 bits per heavy atom. The number of aryl methyl sites for hydroxylation is 1. The number of carbonyl (C=O) groups excluding carboxylic acids is 2. The van der Waals surface area contributed by atoms with Gasteiger partial charge < -0.3 is 10.2 Å². The van der Waals surface area contributed by atoms with E-state index in [9.17, 15) is 9.59 Å². The molecule has 0 unspecified atom stereocenters. The summed E-state index contributed by atoms with van der Waals surface area (Å²) in [6, 6.07) is 25.5. The van der Waals surface area contributed by atoms with Crippen LogP contribution in [0.1, 0.15) is 39.3 Å². The average Bonchev–Trinajstić information content (AvgIpc) is 3.15. The van der Waals surface area contributed by atoms with Gasteiger partial charge in [-0.2, -0.15) is 0 Å². The molecule has 1 aliphatic rings. The zero-order valence-corrected chi connectivity index (χ0v) is 17.7. The molecule has 3 aromatic rings. The van der Waals surface area contributed by atoms with Crippen molar-refractivity contribution in [1.29, 1.82) is 0 Å². The van der Waals surface area contributed by atoms with Crippen LogP contribution in [-0.4, -0.2) is 22.5 Å². The van der Waals surface area contributed by atoms with Crippen molar-refractivity contribution < 1.29 is 9.59 Å². The SMILES string of the molecule is CCc1ccc(NC(=O)c2ccc([C@H]3SCC(=O)N3Cc3ccccc3)cc2)cc1. The van der Waals surface area contributed by atoms with E-state index in [1.807, 2.05) is 83.8 Å². The molecule has 0 radical (unpaired) electrons. The van der Waals surface area contributed by atoms with Crippen LogP contribution in [0, 0.1) is 0 Å². The van der Waals surface area contributed by atoms with Crippen molar-refractivity contribution in [3.63, 3.8) is 0 Å². The number of amides is 2. The smallest absolute Gasteiger partial charge is 0.255 e. The average molecular weight is 417 g/mol. The molecule has 1 atom stereocenters. The van der Waals surface area contributed by atoms with Crippen molar-refractivity contribution in [3.05, 3.63) is 101 Å². The number of hydrogen-bond acceptors (Lipinski definition) is 3. The van der Waals surface area contributed by atoms with E-state index in [1.165, 1.54) is 5.56 Å². The molecule has 1 N–H and O–H groups in total. The van der Waals surface area contributed by atoms with Crippen molar-refractivity contribution in [1.82, 2.24) is 4.90 Å². The minimum atomic E-state index is -0.137. The molecular formula is C25H24N2O2S. The molecule has 5 heteroatoms. The minimum absolute atomic E-state index is 0.0311. The van der Waals surface area contributed by atoms with Crippen LogP contribution >= 0.6 is 11.8 Å². The molecule has 30 heavy (non-hydrogen) atoms. The Bertz CT molecular complexity index is 1020. The third kappa shape index (κ3) is 4.57. The third-order valence-electron chi connectivity index (χ3n) is 5.24. The van der Waals surface area contributed by atoms with Gasteiger partial charge in [-0.1, -0.05) is 61.5 Å². The number of rotatable bonds is 6. The lowest BCUT2D eigenvalue weighted by Crippen LogP contribution is -2.27. The highest BCUT2D eigenvalue weighted by Crippen LogP contribution is 2.39. The Kier molecular flexibility index (Phi) is 6.19. The summed E-state index contributed by atoms with van der Waals surface area (Å²) in [6.07, 6.45) is 0.971. The second kappa shape index (κ2) is 9.18. The van der Waals surface area contributed by atoms with Gasteiger partial charge in [0.25, 0.3) is 5.91 Å². The van der Waals surface area contributed by atoms with Gasteiger partial charge in [-0.05, 0) is 47.4 Å². The van der Waals surface area contributed by atoms with E-state index in [2.05, 4.69) is 12.2 Å². The molecule has 1 saturated heterocycles. The van der Waals surface area contributed by atoms with Crippen LogP contribution in [0.3, 0.4) is 0 Å². The summed E-state index contributed by atoms with van der Waals surface area (Å²) in [4.78, 5) is 26.9. The van der Waals surface area contributed by atoms with Gasteiger partial charge in [0.1, 0.15) is 5.37 Å². The Morgan fingerprint density at radius 3 is 2.33 bits per heavy atom. The summed E-state index contributed by atoms with van der Waals surface area (Å²) < 4.78 is 0. The predicted molar refractivity (Wildman–Crippen MR) is 122 cm³/mol. The van der Waals surface area contributed by atoms with E-state index in [0.717, 1.165) is 23.2 Å². The maximum atomic E-state index is 12.6. The number of nitrogens with zero attached hydrogens (tertiary/aromatic N) is 1. The fourth-order valence-electron chi connectivity index (χ4n) is 3.51. The van der Waals surface area contributed by atoms with E-state index in [-0.39, 0.29) is 17.2 Å². The second-order valence-corrected chi connectivity index (χ2v) is 8.37. The second-order valence-electron chi connectivity index (χ2n) is 7.30. The molecule has 1 heterocycles. The minimum Gasteiger partial charge on any atom is -0.322 e. The number of hydrogen-bond donors (Lipinski definition) is 1. The van der Waals surface area contributed by atoms with Crippen LogP contribution in [-0.2, 0) is 17.8 Å². The number of thioether (sulfide) groups is 1. The van der Waals surface area contributed by atoms with Crippen LogP contribution in [0.15, 0.2) is 78.9 Å². The molecule has 0 spiro atoms. The number of nitrogens with one attached hydrogen (secondary N) is 1. The molecule has 0 saturated carbocycles. The van der Waals surface area contributed by atoms with Crippen LogP contribution in [0.5, 0.6) is 0 Å². The van der Waals surface area contributed by atoms with Gasteiger partial charge in [-0.25, -0.2) is 0 Å². The van der Waals surface area contributed by atoms with Gasteiger partial charge in [0.15, 0.2) is 0 Å². The van der Waals surface area contributed by atoms with Gasteiger partial charge in [-0.3, -0.25) is 9.59 Å². The molecular weight excluding hydrogens is 392 g/mol. The third-order valence-corrected chi connectivity index (χ3v) is 6.50. The Hall–Kier alpha value is -3.05. The van der Waals surface area contributed by atoms with Gasteiger partial charge in [0.2, 0.25) is 5.91 Å². The van der Waals surface area contributed by atoms with E-state index in [4.69, 9.17) is 0 Å². The predicted octanol–water partition coefficient (Wildman–Crippen LogP) is 5.28. The first-order valence-electron chi connectivity index (χ1n) is 10.1. The molecule has 0 aliphatic carbocycles. The monoisotopic (exact) mass is 416 g/mol. The Morgan fingerprint density at radius 1 is 0.967 bits per heavy atom. The maximum Gasteiger partial charge on any atom is 0.255 e. The topological polar surface area (TPSA) is 49.4 Å². The Balaban J connectivity index is 1.45. The summed E-state index contributed by atoms with van der Waals surface area (Å²) in [5, 5.41) is 2.91. The summed E-state index contributed by atoms with van der Waals surface area (Å²) in [5.74, 6) is 0.487. The zero-order chi connectivity index (χ0) is 20.9. The van der Waals surface area contributed by atoms with E-state index >= 15 is 0 Å². The summed E-state index contributed by atoms with van der Waals surface area (Å²) in [7, 11) is 0. The largest absolute Gasteiger partial charge is 0.322 e. The fourth-order valence-corrected chi connectivity index (χ4v) is 4.70. The zero-order valence-electron chi connectivity index (χ0n) is 16.9. The maximum absolute atomic E-state index is 12.6. The normalized spacial score (nSPS) is 16.0. The summed E-state index contributed by atoms with van der Waals surface area (Å²) >= 11 is 1.63. The van der Waals surface area contributed by atoms with Gasteiger partial charge in [0.05, 0.1) is 5.75 Å². The highest BCUT2D eigenvalue weighted by molar-refractivity contribution is 8.00. The van der Waals surface area contributed by atoms with E-state index in [1.54, 1.807) is 11.8 Å². The molecule has 3 aromatic carbocycles. The molecule has 4 rings (SSSR count). The van der Waals surface area contributed by atoms with Gasteiger partial charge >= 0.3 is 0 Å². The molecule has 0 aromatic heterocycles. The lowest BCUT2D eigenvalue weighted by molar-refractivity contribution is -0.128. The molecule has 1 aliphatic heterocycles.